The monoisotopic (exact) mass is 278 g/mol. The zero-order valence-electron chi connectivity index (χ0n) is 10.6. The van der Waals surface area contributed by atoms with E-state index in [-0.39, 0.29) is 12.5 Å². The summed E-state index contributed by atoms with van der Waals surface area (Å²) in [6.45, 7) is 2.20. The predicted molar refractivity (Wildman–Crippen MR) is 76.1 cm³/mol. The molecule has 0 radical (unpaired) electrons. The topological polar surface area (TPSA) is 72.9 Å². The van der Waals surface area contributed by atoms with Crippen molar-refractivity contribution in [2.45, 2.75) is 19.9 Å². The Balaban J connectivity index is 2.07. The zero-order valence-corrected chi connectivity index (χ0v) is 11.3. The van der Waals surface area contributed by atoms with E-state index >= 15 is 0 Å². The van der Waals surface area contributed by atoms with E-state index in [1.807, 2.05) is 6.92 Å². The molecule has 0 unspecified atom stereocenters. The highest BCUT2D eigenvalue weighted by atomic mass is 35.5. The van der Waals surface area contributed by atoms with Crippen LogP contribution in [0.5, 0.6) is 0 Å². The minimum absolute atomic E-state index is 0.165. The van der Waals surface area contributed by atoms with Gasteiger partial charge in [-0.05, 0) is 18.2 Å². The molecule has 6 heteroatoms. The molecule has 0 aliphatic rings. The second kappa shape index (κ2) is 5.75. The van der Waals surface area contributed by atoms with Crippen molar-refractivity contribution in [3.8, 4) is 0 Å². The van der Waals surface area contributed by atoms with Crippen molar-refractivity contribution in [1.82, 2.24) is 9.55 Å². The highest BCUT2D eigenvalue weighted by Gasteiger charge is 2.08. The molecule has 0 bridgehead atoms. The summed E-state index contributed by atoms with van der Waals surface area (Å²) in [6.07, 6.45) is 4.24. The summed E-state index contributed by atoms with van der Waals surface area (Å²) in [7, 11) is 0. The summed E-state index contributed by atoms with van der Waals surface area (Å²) in [5.74, 6) is 0.705. The van der Waals surface area contributed by atoms with Gasteiger partial charge in [0.25, 0.3) is 0 Å². The third kappa shape index (κ3) is 3.26. The maximum absolute atomic E-state index is 12.0. The minimum Gasteiger partial charge on any atom is -0.397 e. The van der Waals surface area contributed by atoms with Crippen molar-refractivity contribution in [3.63, 3.8) is 0 Å². The van der Waals surface area contributed by atoms with E-state index in [9.17, 15) is 4.79 Å². The molecule has 3 N–H and O–H groups in total. The Labute approximate surface area is 116 Å². The fourth-order valence-corrected chi connectivity index (χ4v) is 1.95. The molecule has 1 heterocycles. The summed E-state index contributed by atoms with van der Waals surface area (Å²) < 4.78 is 1.80. The first kappa shape index (κ1) is 13.4. The van der Waals surface area contributed by atoms with Crippen LogP contribution in [-0.2, 0) is 17.8 Å². The lowest BCUT2D eigenvalue weighted by Gasteiger charge is -2.10. The third-order valence-corrected chi connectivity index (χ3v) is 2.96. The first-order valence-corrected chi connectivity index (χ1v) is 6.33. The third-order valence-electron chi connectivity index (χ3n) is 2.72. The normalized spacial score (nSPS) is 10.4. The first-order valence-electron chi connectivity index (χ1n) is 5.95. The average molecular weight is 279 g/mol. The molecule has 1 aromatic heterocycles. The lowest BCUT2D eigenvalue weighted by molar-refractivity contribution is -0.116. The molecule has 0 aliphatic carbocycles. The van der Waals surface area contributed by atoms with Gasteiger partial charge in [-0.2, -0.15) is 0 Å². The summed E-state index contributed by atoms with van der Waals surface area (Å²) >= 11 is 5.87. The van der Waals surface area contributed by atoms with Gasteiger partial charge in [0.1, 0.15) is 12.4 Å². The van der Waals surface area contributed by atoms with Crippen LogP contribution in [0.3, 0.4) is 0 Å². The summed E-state index contributed by atoms with van der Waals surface area (Å²) in [5, 5.41) is 3.27. The van der Waals surface area contributed by atoms with Crippen LogP contribution in [0.4, 0.5) is 11.4 Å². The number of carbonyl (C=O) groups is 1. The standard InChI is InChI=1S/C13H15ClN4O/c1-2-12-16-5-6-18(12)8-13(19)17-11-7-9(14)3-4-10(11)15/h3-7H,2,8,15H2,1H3,(H,17,19). The van der Waals surface area contributed by atoms with Gasteiger partial charge in [-0.15, -0.1) is 0 Å². The van der Waals surface area contributed by atoms with Crippen LogP contribution in [0.15, 0.2) is 30.6 Å². The van der Waals surface area contributed by atoms with Crippen LogP contribution < -0.4 is 11.1 Å². The Bertz CT molecular complexity index is 594. The number of nitrogens with two attached hydrogens (primary N) is 1. The molecule has 2 aromatic rings. The summed E-state index contributed by atoms with van der Waals surface area (Å²) in [4.78, 5) is 16.1. The second-order valence-electron chi connectivity index (χ2n) is 4.10. The van der Waals surface area contributed by atoms with Crippen molar-refractivity contribution < 1.29 is 4.79 Å². The van der Waals surface area contributed by atoms with Crippen molar-refractivity contribution in [1.29, 1.82) is 0 Å². The number of rotatable bonds is 4. The Hall–Kier alpha value is -2.01. The molecule has 0 saturated heterocycles. The maximum atomic E-state index is 12.0. The predicted octanol–water partition coefficient (Wildman–Crippen LogP) is 2.32. The number of imidazole rings is 1. The molecule has 0 aliphatic heterocycles. The number of amides is 1. The fourth-order valence-electron chi connectivity index (χ4n) is 1.78. The number of aromatic nitrogens is 2. The molecule has 1 amide bonds. The summed E-state index contributed by atoms with van der Waals surface area (Å²) in [6, 6.07) is 4.97. The number of halogens is 1. The number of benzene rings is 1. The van der Waals surface area contributed by atoms with Gasteiger partial charge < -0.3 is 15.6 Å². The van der Waals surface area contributed by atoms with E-state index in [1.54, 1.807) is 35.2 Å². The summed E-state index contributed by atoms with van der Waals surface area (Å²) in [5.41, 5.74) is 6.78. The molecule has 0 fully saturated rings. The Morgan fingerprint density at radius 2 is 2.32 bits per heavy atom. The number of nitrogens with one attached hydrogen (secondary N) is 1. The van der Waals surface area contributed by atoms with Gasteiger partial charge in [-0.3, -0.25) is 4.79 Å². The number of hydrogen-bond acceptors (Lipinski definition) is 3. The van der Waals surface area contributed by atoms with Crippen LogP contribution >= 0.6 is 11.6 Å². The van der Waals surface area contributed by atoms with E-state index in [4.69, 9.17) is 17.3 Å². The van der Waals surface area contributed by atoms with Crippen LogP contribution in [0.2, 0.25) is 5.02 Å². The molecule has 19 heavy (non-hydrogen) atoms. The lowest BCUT2D eigenvalue weighted by atomic mass is 10.2. The molecule has 0 saturated carbocycles. The van der Waals surface area contributed by atoms with Gasteiger partial charge in [0.2, 0.25) is 5.91 Å². The van der Waals surface area contributed by atoms with E-state index in [0.717, 1.165) is 12.2 Å². The van der Waals surface area contributed by atoms with Crippen molar-refractivity contribution in [2.75, 3.05) is 11.1 Å². The van der Waals surface area contributed by atoms with Crippen LogP contribution in [0.1, 0.15) is 12.7 Å². The lowest BCUT2D eigenvalue weighted by Crippen LogP contribution is -2.20. The fraction of sp³-hybridized carbons (Fsp3) is 0.231. The van der Waals surface area contributed by atoms with E-state index < -0.39 is 0 Å². The Kier molecular flexibility index (Phi) is 4.06. The van der Waals surface area contributed by atoms with Gasteiger partial charge in [-0.25, -0.2) is 4.98 Å². The molecule has 0 spiro atoms. The molecular weight excluding hydrogens is 264 g/mol. The Morgan fingerprint density at radius 1 is 1.53 bits per heavy atom. The number of nitrogens with zero attached hydrogens (tertiary/aromatic N) is 2. The second-order valence-corrected chi connectivity index (χ2v) is 4.54. The van der Waals surface area contributed by atoms with Crippen LogP contribution in [-0.4, -0.2) is 15.5 Å². The molecular formula is C13H15ClN4O. The number of aryl methyl sites for hydroxylation is 1. The zero-order chi connectivity index (χ0) is 13.8. The van der Waals surface area contributed by atoms with Gasteiger partial charge >= 0.3 is 0 Å². The molecule has 2 rings (SSSR count). The van der Waals surface area contributed by atoms with Gasteiger partial charge in [0, 0.05) is 23.8 Å². The number of anilines is 2. The van der Waals surface area contributed by atoms with Crippen LogP contribution in [0, 0.1) is 0 Å². The highest BCUT2D eigenvalue weighted by Crippen LogP contribution is 2.22. The van der Waals surface area contributed by atoms with Crippen LogP contribution in [0.25, 0.3) is 0 Å². The van der Waals surface area contributed by atoms with Crippen molar-refractivity contribution in [2.24, 2.45) is 0 Å². The smallest absolute Gasteiger partial charge is 0.244 e. The quantitative estimate of drug-likeness (QED) is 0.843. The SMILES string of the molecule is CCc1nccn1CC(=O)Nc1cc(Cl)ccc1N. The van der Waals surface area contributed by atoms with Crippen molar-refractivity contribution in [3.05, 3.63) is 41.4 Å². The minimum atomic E-state index is -0.165. The van der Waals surface area contributed by atoms with Gasteiger partial charge in [-0.1, -0.05) is 18.5 Å². The number of nitrogen functional groups attached to an aromatic ring is 1. The molecule has 5 nitrogen and oxygen atoms in total. The van der Waals surface area contributed by atoms with Gasteiger partial charge in [0.05, 0.1) is 11.4 Å². The molecule has 100 valence electrons. The number of hydrogen-bond donors (Lipinski definition) is 2. The highest BCUT2D eigenvalue weighted by molar-refractivity contribution is 6.31. The molecule has 1 aromatic carbocycles. The van der Waals surface area contributed by atoms with E-state index in [0.29, 0.717) is 16.4 Å². The molecule has 0 atom stereocenters. The largest absolute Gasteiger partial charge is 0.397 e. The number of carbonyl (C=O) groups excluding carboxylic acids is 1. The first-order chi connectivity index (χ1) is 9.10. The van der Waals surface area contributed by atoms with Crippen molar-refractivity contribution >= 4 is 28.9 Å². The average Bonchev–Trinajstić information content (AvgIpc) is 2.81. The maximum Gasteiger partial charge on any atom is 0.244 e. The van der Waals surface area contributed by atoms with E-state index in [1.165, 1.54) is 0 Å². The van der Waals surface area contributed by atoms with Gasteiger partial charge in [0.15, 0.2) is 0 Å². The Morgan fingerprint density at radius 3 is 3.05 bits per heavy atom. The van der Waals surface area contributed by atoms with E-state index in [2.05, 4.69) is 10.3 Å².